The van der Waals surface area contributed by atoms with Gasteiger partial charge in [0.05, 0.1) is 33.0 Å². The van der Waals surface area contributed by atoms with E-state index in [1.165, 1.54) is 0 Å². The highest BCUT2D eigenvalue weighted by molar-refractivity contribution is 5.77. The molecule has 0 aliphatic carbocycles. The van der Waals surface area contributed by atoms with Crippen molar-refractivity contribution >= 4 is 5.91 Å². The third-order valence-corrected chi connectivity index (χ3v) is 3.01. The first-order chi connectivity index (χ1) is 11.1. The highest BCUT2D eigenvalue weighted by atomic mass is 19.1. The maximum Gasteiger partial charge on any atom is 0.222 e. The van der Waals surface area contributed by atoms with Gasteiger partial charge in [0, 0.05) is 32.0 Å². The Hall–Kier alpha value is -0.760. The van der Waals surface area contributed by atoms with E-state index < -0.39 is 6.17 Å². The van der Waals surface area contributed by atoms with Gasteiger partial charge in [-0.1, -0.05) is 20.8 Å². The van der Waals surface area contributed by atoms with Crippen molar-refractivity contribution in [1.29, 1.82) is 0 Å². The van der Waals surface area contributed by atoms with Crippen LogP contribution in [-0.4, -0.2) is 71.4 Å². The molecular formula is C16H33FN2O4. The maximum atomic E-state index is 13.5. The molecule has 0 fully saturated rings. The summed E-state index contributed by atoms with van der Waals surface area (Å²) in [6.45, 7) is 10.4. The smallest absolute Gasteiger partial charge is 0.222 e. The molecule has 0 heterocycles. The SMILES string of the molecule is CCNCCOCCOCCOCCC(F)CNC(=O)C(C)C. The molecule has 0 saturated heterocycles. The second-order valence-corrected chi connectivity index (χ2v) is 5.48. The highest BCUT2D eigenvalue weighted by Crippen LogP contribution is 1.98. The van der Waals surface area contributed by atoms with Crippen LogP contribution < -0.4 is 10.6 Å². The average molecular weight is 336 g/mol. The Morgan fingerprint density at radius 1 is 1.00 bits per heavy atom. The molecule has 0 aromatic heterocycles. The van der Waals surface area contributed by atoms with Crippen LogP contribution in [0.15, 0.2) is 0 Å². The van der Waals surface area contributed by atoms with Gasteiger partial charge in [-0.25, -0.2) is 4.39 Å². The molecule has 0 spiro atoms. The molecule has 0 aromatic rings. The summed E-state index contributed by atoms with van der Waals surface area (Å²) in [6.07, 6.45) is -0.810. The van der Waals surface area contributed by atoms with Gasteiger partial charge < -0.3 is 24.8 Å². The predicted molar refractivity (Wildman–Crippen MR) is 88.4 cm³/mol. The van der Waals surface area contributed by atoms with E-state index in [0.29, 0.717) is 39.6 Å². The second kappa shape index (κ2) is 16.1. The number of hydrogen-bond acceptors (Lipinski definition) is 5. The molecule has 7 heteroatoms. The van der Waals surface area contributed by atoms with Crippen LogP contribution in [0.5, 0.6) is 0 Å². The number of nitrogens with one attached hydrogen (secondary N) is 2. The lowest BCUT2D eigenvalue weighted by Gasteiger charge is -2.12. The normalized spacial score (nSPS) is 12.6. The number of ether oxygens (including phenoxy) is 3. The largest absolute Gasteiger partial charge is 0.379 e. The van der Waals surface area contributed by atoms with Crippen LogP contribution in [0.25, 0.3) is 0 Å². The molecule has 138 valence electrons. The number of carbonyl (C=O) groups excluding carboxylic acids is 1. The summed E-state index contributed by atoms with van der Waals surface area (Å²) in [5.74, 6) is -0.253. The highest BCUT2D eigenvalue weighted by Gasteiger charge is 2.11. The maximum absolute atomic E-state index is 13.5. The van der Waals surface area contributed by atoms with Crippen LogP contribution in [0.3, 0.4) is 0 Å². The minimum absolute atomic E-state index is 0.0428. The number of amides is 1. The number of hydrogen-bond donors (Lipinski definition) is 2. The Bertz CT molecular complexity index is 281. The van der Waals surface area contributed by atoms with E-state index in [1.807, 2.05) is 0 Å². The molecule has 1 unspecified atom stereocenters. The number of halogens is 1. The van der Waals surface area contributed by atoms with Gasteiger partial charge in [0.15, 0.2) is 0 Å². The quantitative estimate of drug-likeness (QED) is 0.414. The molecule has 0 aliphatic rings. The average Bonchev–Trinajstić information content (AvgIpc) is 2.53. The van der Waals surface area contributed by atoms with Crippen molar-refractivity contribution in [3.05, 3.63) is 0 Å². The topological polar surface area (TPSA) is 68.8 Å². The van der Waals surface area contributed by atoms with Crippen molar-refractivity contribution < 1.29 is 23.4 Å². The summed E-state index contributed by atoms with van der Waals surface area (Å²) in [4.78, 5) is 11.3. The van der Waals surface area contributed by atoms with E-state index in [4.69, 9.17) is 14.2 Å². The van der Waals surface area contributed by atoms with Crippen molar-refractivity contribution in [2.45, 2.75) is 33.4 Å². The fourth-order valence-electron chi connectivity index (χ4n) is 1.59. The first-order valence-electron chi connectivity index (χ1n) is 8.43. The zero-order valence-electron chi connectivity index (χ0n) is 14.7. The van der Waals surface area contributed by atoms with Gasteiger partial charge in [-0.05, 0) is 6.54 Å². The summed E-state index contributed by atoms with van der Waals surface area (Å²) in [7, 11) is 0. The summed E-state index contributed by atoms with van der Waals surface area (Å²) in [5, 5.41) is 5.73. The molecule has 6 nitrogen and oxygen atoms in total. The summed E-state index contributed by atoms with van der Waals surface area (Å²) in [6, 6.07) is 0. The van der Waals surface area contributed by atoms with Gasteiger partial charge in [0.1, 0.15) is 6.17 Å². The van der Waals surface area contributed by atoms with Gasteiger partial charge in [-0.2, -0.15) is 0 Å². The van der Waals surface area contributed by atoms with Gasteiger partial charge >= 0.3 is 0 Å². The monoisotopic (exact) mass is 336 g/mol. The van der Waals surface area contributed by atoms with Crippen molar-refractivity contribution in [3.8, 4) is 0 Å². The van der Waals surface area contributed by atoms with Crippen LogP contribution in [0.2, 0.25) is 0 Å². The molecule has 0 saturated carbocycles. The van der Waals surface area contributed by atoms with E-state index in [9.17, 15) is 9.18 Å². The lowest BCUT2D eigenvalue weighted by atomic mass is 10.2. The Morgan fingerprint density at radius 2 is 1.57 bits per heavy atom. The fourth-order valence-corrected chi connectivity index (χ4v) is 1.59. The van der Waals surface area contributed by atoms with Crippen molar-refractivity contribution in [1.82, 2.24) is 10.6 Å². The Labute approximate surface area is 139 Å². The molecule has 0 bridgehead atoms. The van der Waals surface area contributed by atoms with Crippen LogP contribution >= 0.6 is 0 Å². The zero-order chi connectivity index (χ0) is 17.3. The third-order valence-electron chi connectivity index (χ3n) is 3.01. The first kappa shape index (κ1) is 22.2. The Kier molecular flexibility index (Phi) is 15.6. The van der Waals surface area contributed by atoms with E-state index in [2.05, 4.69) is 17.6 Å². The minimum atomic E-state index is -1.08. The molecule has 0 aromatic carbocycles. The van der Waals surface area contributed by atoms with Crippen LogP contribution in [-0.2, 0) is 19.0 Å². The van der Waals surface area contributed by atoms with Gasteiger partial charge in [-0.15, -0.1) is 0 Å². The summed E-state index contributed by atoms with van der Waals surface area (Å²) < 4.78 is 29.4. The van der Waals surface area contributed by atoms with Gasteiger partial charge in [0.25, 0.3) is 0 Å². The number of carbonyl (C=O) groups is 1. The van der Waals surface area contributed by atoms with E-state index in [0.717, 1.165) is 13.1 Å². The number of alkyl halides is 1. The van der Waals surface area contributed by atoms with E-state index in [-0.39, 0.29) is 24.8 Å². The molecule has 1 atom stereocenters. The van der Waals surface area contributed by atoms with Gasteiger partial charge in [0.2, 0.25) is 5.91 Å². The van der Waals surface area contributed by atoms with E-state index in [1.54, 1.807) is 13.8 Å². The van der Waals surface area contributed by atoms with Crippen LogP contribution in [0.1, 0.15) is 27.2 Å². The number of likely N-dealkylation sites (N-methyl/N-ethyl adjacent to an activating group) is 1. The van der Waals surface area contributed by atoms with Gasteiger partial charge in [-0.3, -0.25) is 4.79 Å². The summed E-state index contributed by atoms with van der Waals surface area (Å²) >= 11 is 0. The molecule has 23 heavy (non-hydrogen) atoms. The number of rotatable bonds is 16. The van der Waals surface area contributed by atoms with Crippen molar-refractivity contribution in [2.75, 3.05) is 59.3 Å². The molecule has 0 aliphatic heterocycles. The van der Waals surface area contributed by atoms with Crippen LogP contribution in [0.4, 0.5) is 4.39 Å². The Morgan fingerprint density at radius 3 is 2.13 bits per heavy atom. The fraction of sp³-hybridized carbons (Fsp3) is 0.938. The van der Waals surface area contributed by atoms with Crippen molar-refractivity contribution in [3.63, 3.8) is 0 Å². The third kappa shape index (κ3) is 15.9. The molecule has 0 rings (SSSR count). The van der Waals surface area contributed by atoms with Crippen LogP contribution in [0, 0.1) is 5.92 Å². The molecule has 0 radical (unpaired) electrons. The minimum Gasteiger partial charge on any atom is -0.379 e. The lowest BCUT2D eigenvalue weighted by molar-refractivity contribution is -0.124. The van der Waals surface area contributed by atoms with Crippen molar-refractivity contribution in [2.24, 2.45) is 5.92 Å². The molecule has 1 amide bonds. The summed E-state index contributed by atoms with van der Waals surface area (Å²) in [5.41, 5.74) is 0. The molecule has 2 N–H and O–H groups in total. The zero-order valence-corrected chi connectivity index (χ0v) is 14.7. The standard InChI is InChI=1S/C16H33FN2O4/c1-4-18-6-8-22-10-12-23-11-9-21-7-5-15(17)13-19-16(20)14(2)3/h14-15,18H,4-13H2,1-3H3,(H,19,20). The molecular weight excluding hydrogens is 303 g/mol. The van der Waals surface area contributed by atoms with E-state index >= 15 is 0 Å². The second-order valence-electron chi connectivity index (χ2n) is 5.48. The Balaban J connectivity index is 3.22. The lowest BCUT2D eigenvalue weighted by Crippen LogP contribution is -2.33. The first-order valence-corrected chi connectivity index (χ1v) is 8.43. The predicted octanol–water partition coefficient (Wildman–Crippen LogP) is 1.15.